The van der Waals surface area contributed by atoms with E-state index in [0.29, 0.717) is 28.3 Å². The Labute approximate surface area is 264 Å². The van der Waals surface area contributed by atoms with Gasteiger partial charge in [-0.1, -0.05) is 24.8 Å². The zero-order chi connectivity index (χ0) is 32.1. The number of fused-ring (bicyclic) bond motifs is 1. The van der Waals surface area contributed by atoms with Gasteiger partial charge in [0.15, 0.2) is 0 Å². The summed E-state index contributed by atoms with van der Waals surface area (Å²) in [5.74, 6) is -1.86. The number of benzene rings is 2. The van der Waals surface area contributed by atoms with E-state index in [1.54, 1.807) is 6.07 Å². The van der Waals surface area contributed by atoms with Gasteiger partial charge in [-0.2, -0.15) is 5.10 Å². The smallest absolute Gasteiger partial charge is 0.243 e. The maximum Gasteiger partial charge on any atom is 0.243 e. The number of amides is 1. The van der Waals surface area contributed by atoms with Crippen LogP contribution in [0.25, 0.3) is 43.9 Å². The topological polar surface area (TPSA) is 92.4 Å². The quantitative estimate of drug-likeness (QED) is 0.110. The molecule has 0 bridgehead atoms. The highest BCUT2D eigenvalue weighted by Crippen LogP contribution is 2.47. The molecule has 5 rings (SSSR count). The summed E-state index contributed by atoms with van der Waals surface area (Å²) in [5, 5.41) is 13.1. The first-order chi connectivity index (χ1) is 21.7. The molecule has 11 heteroatoms. The molecule has 0 fully saturated rings. The van der Waals surface area contributed by atoms with Crippen LogP contribution in [0.5, 0.6) is 5.75 Å². The summed E-state index contributed by atoms with van der Waals surface area (Å²) < 4.78 is 42.2. The van der Waals surface area contributed by atoms with Gasteiger partial charge in [0, 0.05) is 47.0 Å². The lowest BCUT2D eigenvalue weighted by Gasteiger charge is -2.18. The fourth-order valence-electron chi connectivity index (χ4n) is 5.06. The maximum atomic E-state index is 15.9. The van der Waals surface area contributed by atoms with Crippen LogP contribution < -0.4 is 10.1 Å². The molecule has 2 aromatic carbocycles. The summed E-state index contributed by atoms with van der Waals surface area (Å²) in [6.07, 6.45) is 2.05. The number of ether oxygens (including phenoxy) is 2. The van der Waals surface area contributed by atoms with E-state index in [4.69, 9.17) is 14.5 Å². The largest absolute Gasteiger partial charge is 0.490 e. The van der Waals surface area contributed by atoms with Crippen molar-refractivity contribution >= 4 is 27.3 Å². The summed E-state index contributed by atoms with van der Waals surface area (Å²) in [5.41, 5.74) is 4.69. The minimum Gasteiger partial charge on any atom is -0.490 e. The monoisotopic (exact) mass is 631 g/mol. The van der Waals surface area contributed by atoms with E-state index in [1.807, 2.05) is 44.6 Å². The molecule has 2 N–H and O–H groups in total. The first-order valence-corrected chi connectivity index (χ1v) is 15.3. The maximum absolute atomic E-state index is 15.9. The Morgan fingerprint density at radius 1 is 1.13 bits per heavy atom. The molecule has 0 unspecified atom stereocenters. The molecule has 45 heavy (non-hydrogen) atoms. The van der Waals surface area contributed by atoms with Crippen LogP contribution in [0.1, 0.15) is 24.2 Å². The van der Waals surface area contributed by atoms with Crippen LogP contribution in [-0.2, 0) is 16.0 Å². The summed E-state index contributed by atoms with van der Waals surface area (Å²) in [7, 11) is 5.60. The number of aromatic amines is 1. The fourth-order valence-corrected chi connectivity index (χ4v) is 6.01. The summed E-state index contributed by atoms with van der Waals surface area (Å²) in [4.78, 5) is 19.3. The Hall–Kier alpha value is -4.45. The molecule has 0 radical (unpaired) electrons. The van der Waals surface area contributed by atoms with E-state index in [1.165, 1.54) is 30.6 Å². The zero-order valence-electron chi connectivity index (χ0n) is 25.6. The second-order valence-electron chi connectivity index (χ2n) is 10.8. The molecule has 0 aliphatic heterocycles. The minimum atomic E-state index is -0.791. The molecule has 1 amide bonds. The van der Waals surface area contributed by atoms with Gasteiger partial charge in [0.1, 0.15) is 35.4 Å². The minimum absolute atomic E-state index is 0.0307. The van der Waals surface area contributed by atoms with Crippen LogP contribution in [0.15, 0.2) is 66.6 Å². The molecule has 234 valence electrons. The highest BCUT2D eigenvalue weighted by molar-refractivity contribution is 7.18. The third kappa shape index (κ3) is 7.11. The van der Waals surface area contributed by atoms with Gasteiger partial charge in [0.05, 0.1) is 29.6 Å². The van der Waals surface area contributed by atoms with Crippen molar-refractivity contribution in [2.24, 2.45) is 0 Å². The standard InChI is InChI=1S/C34H35F2N5O3S/c1-6-29(42)37-20(2)26-19-27(40-39-26)33-31(30-25(36)17-23(35)18-28(30)44-14-13-43-5)34-24(11-15-45-34)32(38-33)22-9-7-8-21(16-22)10-12-41(3)4/h6-9,11,15-20H,1,10,12-14H2,2-5H3,(H,37,42)(H,39,40)/t20-/m1/s1. The van der Waals surface area contributed by atoms with Gasteiger partial charge in [0.2, 0.25) is 5.91 Å². The number of nitrogens with one attached hydrogen (secondary N) is 2. The Balaban J connectivity index is 1.75. The fraction of sp³-hybridized carbons (Fsp3) is 0.265. The second-order valence-corrected chi connectivity index (χ2v) is 11.8. The van der Waals surface area contributed by atoms with E-state index >= 15 is 4.39 Å². The molecule has 5 aromatic rings. The van der Waals surface area contributed by atoms with Gasteiger partial charge in [-0.3, -0.25) is 9.89 Å². The third-order valence-electron chi connectivity index (χ3n) is 7.32. The summed E-state index contributed by atoms with van der Waals surface area (Å²) >= 11 is 1.43. The van der Waals surface area contributed by atoms with E-state index in [-0.39, 0.29) is 30.4 Å². The molecule has 1 atom stereocenters. The summed E-state index contributed by atoms with van der Waals surface area (Å²) in [6, 6.07) is 13.5. The van der Waals surface area contributed by atoms with Crippen molar-refractivity contribution in [1.82, 2.24) is 25.4 Å². The summed E-state index contributed by atoms with van der Waals surface area (Å²) in [6.45, 7) is 6.53. The number of rotatable bonds is 13. The van der Waals surface area contributed by atoms with Gasteiger partial charge in [0.25, 0.3) is 0 Å². The second kappa shape index (κ2) is 14.1. The SMILES string of the molecule is C=CC(=O)N[C@H](C)c1cc(-c2nc(-c3cccc(CCN(C)C)c3)c3ccsc3c2-c2c(F)cc(F)cc2OCCOC)n[nH]1. The van der Waals surface area contributed by atoms with Gasteiger partial charge in [-0.25, -0.2) is 13.8 Å². The van der Waals surface area contributed by atoms with E-state index in [9.17, 15) is 9.18 Å². The van der Waals surface area contributed by atoms with Crippen molar-refractivity contribution in [2.45, 2.75) is 19.4 Å². The number of hydrogen-bond donors (Lipinski definition) is 2. The molecule has 8 nitrogen and oxygen atoms in total. The van der Waals surface area contributed by atoms with Crippen molar-refractivity contribution in [3.63, 3.8) is 0 Å². The Morgan fingerprint density at radius 3 is 2.71 bits per heavy atom. The normalized spacial score (nSPS) is 12.1. The molecule has 0 saturated heterocycles. The molecule has 3 aromatic heterocycles. The predicted octanol–water partition coefficient (Wildman–Crippen LogP) is 6.79. The number of pyridine rings is 1. The van der Waals surface area contributed by atoms with Crippen molar-refractivity contribution in [3.05, 3.63) is 89.5 Å². The Kier molecular flexibility index (Phi) is 10.0. The van der Waals surface area contributed by atoms with Crippen LogP contribution >= 0.6 is 11.3 Å². The van der Waals surface area contributed by atoms with E-state index in [2.05, 4.69) is 39.1 Å². The molecule has 3 heterocycles. The number of H-pyrrole nitrogens is 1. The molecular weight excluding hydrogens is 596 g/mol. The van der Waals surface area contributed by atoms with Gasteiger partial charge < -0.3 is 19.7 Å². The first-order valence-electron chi connectivity index (χ1n) is 14.4. The number of carbonyl (C=O) groups excluding carboxylic acids is 1. The lowest BCUT2D eigenvalue weighted by Crippen LogP contribution is -2.24. The number of nitrogens with zero attached hydrogens (tertiary/aromatic N) is 3. The number of methoxy groups -OCH3 is 1. The number of carbonyl (C=O) groups is 1. The van der Waals surface area contributed by atoms with E-state index < -0.39 is 17.7 Å². The Bertz CT molecular complexity index is 1830. The lowest BCUT2D eigenvalue weighted by atomic mass is 9.95. The highest BCUT2D eigenvalue weighted by atomic mass is 32.1. The molecule has 0 aliphatic carbocycles. The van der Waals surface area contributed by atoms with Crippen LogP contribution in [0.4, 0.5) is 8.78 Å². The van der Waals surface area contributed by atoms with Gasteiger partial charge in [-0.15, -0.1) is 11.3 Å². The Morgan fingerprint density at radius 2 is 1.96 bits per heavy atom. The van der Waals surface area contributed by atoms with Crippen molar-refractivity contribution in [3.8, 4) is 39.5 Å². The van der Waals surface area contributed by atoms with Crippen molar-refractivity contribution in [2.75, 3.05) is 41.0 Å². The van der Waals surface area contributed by atoms with Gasteiger partial charge >= 0.3 is 0 Å². The van der Waals surface area contributed by atoms with Crippen LogP contribution in [0.3, 0.4) is 0 Å². The number of aromatic nitrogens is 3. The first kappa shape index (κ1) is 32.0. The average Bonchev–Trinajstić information content (AvgIpc) is 3.71. The highest BCUT2D eigenvalue weighted by Gasteiger charge is 2.27. The van der Waals surface area contributed by atoms with Crippen LogP contribution in [-0.4, -0.2) is 67.0 Å². The van der Waals surface area contributed by atoms with Gasteiger partial charge in [-0.05, 0) is 62.7 Å². The predicted molar refractivity (Wildman–Crippen MR) is 174 cm³/mol. The number of halogens is 2. The molecule has 0 spiro atoms. The van der Waals surface area contributed by atoms with Crippen molar-refractivity contribution in [1.29, 1.82) is 0 Å². The molecule has 0 saturated carbocycles. The van der Waals surface area contributed by atoms with E-state index in [0.717, 1.165) is 40.2 Å². The molecular formula is C34H35F2N5O3S. The third-order valence-corrected chi connectivity index (χ3v) is 8.25. The zero-order valence-corrected chi connectivity index (χ0v) is 26.4. The number of thiophene rings is 1. The van der Waals surface area contributed by atoms with Crippen LogP contribution in [0.2, 0.25) is 0 Å². The average molecular weight is 632 g/mol. The van der Waals surface area contributed by atoms with Crippen molar-refractivity contribution < 1.29 is 23.0 Å². The number of hydrogen-bond acceptors (Lipinski definition) is 7. The number of likely N-dealkylation sites (N-methyl/N-ethyl adjacent to an activating group) is 1. The molecule has 0 aliphatic rings. The van der Waals surface area contributed by atoms with Crippen LogP contribution in [0, 0.1) is 11.6 Å². The lowest BCUT2D eigenvalue weighted by molar-refractivity contribution is -0.117.